The second kappa shape index (κ2) is 8.42. The third-order valence-corrected chi connectivity index (χ3v) is 7.08. The summed E-state index contributed by atoms with van der Waals surface area (Å²) in [7, 11) is 0. The Balaban J connectivity index is 1.45. The maximum Gasteiger partial charge on any atom is 0.225 e. The molecule has 2 aliphatic rings. The summed E-state index contributed by atoms with van der Waals surface area (Å²) in [6, 6.07) is 3.77. The highest BCUT2D eigenvalue weighted by atomic mass is 35.5. The minimum Gasteiger partial charge on any atom is -0.374 e. The molecule has 8 nitrogen and oxygen atoms in total. The number of carbonyl (C=O) groups is 2. The lowest BCUT2D eigenvalue weighted by Crippen LogP contribution is -2.47. The molecule has 1 saturated heterocycles. The van der Waals surface area contributed by atoms with Crippen molar-refractivity contribution in [1.29, 1.82) is 0 Å². The Morgan fingerprint density at radius 2 is 2.06 bits per heavy atom. The van der Waals surface area contributed by atoms with Crippen LogP contribution in [-0.4, -0.2) is 68.7 Å². The van der Waals surface area contributed by atoms with Gasteiger partial charge in [0.1, 0.15) is 0 Å². The number of carbonyl (C=O) groups excluding carboxylic acids is 2. The summed E-state index contributed by atoms with van der Waals surface area (Å²) < 4.78 is 7.91. The maximum absolute atomic E-state index is 13.2. The first-order chi connectivity index (χ1) is 15.4. The topological polar surface area (TPSA) is 83.5 Å². The highest BCUT2D eigenvalue weighted by Crippen LogP contribution is 2.42. The zero-order chi connectivity index (χ0) is 22.4. The molecule has 32 heavy (non-hydrogen) atoms. The SMILES string of the molecule is CC(=O)N1CCOC(CC(=O)N2CCn3c(c(-c4cn[nH]c4)c4ccc(Cl)c(Cl)c43)C2)C1. The number of benzene rings is 1. The largest absolute Gasteiger partial charge is 0.374 e. The Kier molecular flexibility index (Phi) is 5.61. The Morgan fingerprint density at radius 1 is 1.22 bits per heavy atom. The van der Waals surface area contributed by atoms with Crippen molar-refractivity contribution in [3.05, 3.63) is 40.3 Å². The quantitative estimate of drug-likeness (QED) is 0.629. The molecule has 0 radical (unpaired) electrons. The molecule has 0 aliphatic carbocycles. The number of ether oxygens (including phenoxy) is 1. The van der Waals surface area contributed by atoms with Gasteiger partial charge in [0.15, 0.2) is 0 Å². The molecule has 1 aromatic carbocycles. The number of nitrogens with one attached hydrogen (secondary N) is 1. The molecular weight excluding hydrogens is 453 g/mol. The van der Waals surface area contributed by atoms with Crippen LogP contribution < -0.4 is 0 Å². The van der Waals surface area contributed by atoms with Crippen molar-refractivity contribution in [2.75, 3.05) is 26.2 Å². The lowest BCUT2D eigenvalue weighted by Gasteiger charge is -2.34. The van der Waals surface area contributed by atoms with Gasteiger partial charge in [-0.15, -0.1) is 0 Å². The smallest absolute Gasteiger partial charge is 0.225 e. The van der Waals surface area contributed by atoms with Gasteiger partial charge in [0, 0.05) is 61.5 Å². The van der Waals surface area contributed by atoms with Crippen LogP contribution >= 0.6 is 23.2 Å². The molecule has 0 spiro atoms. The Hall–Kier alpha value is -2.55. The molecule has 2 aromatic heterocycles. The maximum atomic E-state index is 13.2. The third-order valence-electron chi connectivity index (χ3n) is 6.28. The van der Waals surface area contributed by atoms with Crippen molar-refractivity contribution in [1.82, 2.24) is 24.6 Å². The van der Waals surface area contributed by atoms with Gasteiger partial charge in [0.25, 0.3) is 0 Å². The van der Waals surface area contributed by atoms with Gasteiger partial charge >= 0.3 is 0 Å². The number of fused-ring (bicyclic) bond motifs is 3. The molecule has 168 valence electrons. The number of hydrogen-bond donors (Lipinski definition) is 1. The standard InChI is InChI=1S/C22H23Cl2N5O3/c1-13(30)27-6-7-32-15(11-27)8-19(31)28-4-5-29-18(12-28)20(14-9-25-26-10-14)16-2-3-17(23)21(24)22(16)29/h2-3,9-10,15H,4-8,11-12H2,1H3,(H,25,26). The van der Waals surface area contributed by atoms with Crippen LogP contribution in [0.4, 0.5) is 0 Å². The van der Waals surface area contributed by atoms with E-state index in [1.54, 1.807) is 24.1 Å². The molecule has 1 atom stereocenters. The second-order valence-corrected chi connectivity index (χ2v) is 8.98. The van der Waals surface area contributed by atoms with E-state index in [1.165, 1.54) is 0 Å². The van der Waals surface area contributed by atoms with Crippen molar-refractivity contribution < 1.29 is 14.3 Å². The van der Waals surface area contributed by atoms with E-state index in [9.17, 15) is 9.59 Å². The van der Waals surface area contributed by atoms with E-state index < -0.39 is 0 Å². The van der Waals surface area contributed by atoms with E-state index >= 15 is 0 Å². The fourth-order valence-corrected chi connectivity index (χ4v) is 5.12. The Bertz CT molecular complexity index is 1190. The molecule has 1 fully saturated rings. The molecule has 3 aromatic rings. The summed E-state index contributed by atoms with van der Waals surface area (Å²) in [5.41, 5.74) is 3.82. The van der Waals surface area contributed by atoms with Gasteiger partial charge in [-0.05, 0) is 6.07 Å². The van der Waals surface area contributed by atoms with Crippen LogP contribution in [0.15, 0.2) is 24.5 Å². The summed E-state index contributed by atoms with van der Waals surface area (Å²) in [4.78, 5) is 28.4. The van der Waals surface area contributed by atoms with Gasteiger partial charge in [0.2, 0.25) is 11.8 Å². The van der Waals surface area contributed by atoms with E-state index in [0.29, 0.717) is 49.4 Å². The summed E-state index contributed by atoms with van der Waals surface area (Å²) in [6.07, 6.45) is 3.57. The average molecular weight is 476 g/mol. The number of H-pyrrole nitrogens is 1. The number of halogens is 2. The molecule has 2 amide bonds. The molecule has 4 heterocycles. The number of aromatic nitrogens is 3. The predicted octanol–water partition coefficient (Wildman–Crippen LogP) is 3.32. The van der Waals surface area contributed by atoms with Crippen molar-refractivity contribution >= 4 is 45.9 Å². The van der Waals surface area contributed by atoms with E-state index in [2.05, 4.69) is 14.8 Å². The first-order valence-electron chi connectivity index (χ1n) is 10.6. The summed E-state index contributed by atoms with van der Waals surface area (Å²) in [5.74, 6) is 0.0210. The molecular formula is C22H23Cl2N5O3. The summed E-state index contributed by atoms with van der Waals surface area (Å²) >= 11 is 12.9. The van der Waals surface area contributed by atoms with Gasteiger partial charge in [-0.1, -0.05) is 29.3 Å². The highest BCUT2D eigenvalue weighted by Gasteiger charge is 2.31. The Labute approximate surface area is 195 Å². The molecule has 2 aliphatic heterocycles. The molecule has 5 rings (SSSR count). The first-order valence-corrected chi connectivity index (χ1v) is 11.3. The van der Waals surface area contributed by atoms with Gasteiger partial charge in [-0.3, -0.25) is 14.7 Å². The fraction of sp³-hybridized carbons (Fsp3) is 0.409. The molecule has 0 saturated carbocycles. The summed E-state index contributed by atoms with van der Waals surface area (Å²) in [5, 5.41) is 8.97. The summed E-state index contributed by atoms with van der Waals surface area (Å²) in [6.45, 7) is 4.64. The van der Waals surface area contributed by atoms with Crippen LogP contribution in [-0.2, 0) is 27.4 Å². The van der Waals surface area contributed by atoms with Crippen LogP contribution in [0.25, 0.3) is 22.0 Å². The van der Waals surface area contributed by atoms with Crippen molar-refractivity contribution in [3.63, 3.8) is 0 Å². The number of amides is 2. The number of morpholine rings is 1. The van der Waals surface area contributed by atoms with E-state index in [0.717, 1.165) is 27.7 Å². The van der Waals surface area contributed by atoms with E-state index in [-0.39, 0.29) is 24.3 Å². The van der Waals surface area contributed by atoms with E-state index in [4.69, 9.17) is 27.9 Å². The van der Waals surface area contributed by atoms with Gasteiger partial charge in [-0.25, -0.2) is 0 Å². The van der Waals surface area contributed by atoms with Crippen LogP contribution in [0.1, 0.15) is 19.0 Å². The van der Waals surface area contributed by atoms with Crippen molar-refractivity contribution in [3.8, 4) is 11.1 Å². The third kappa shape index (κ3) is 3.66. The van der Waals surface area contributed by atoms with Crippen LogP contribution in [0, 0.1) is 0 Å². The first kappa shape index (κ1) is 21.3. The number of hydrogen-bond acceptors (Lipinski definition) is 4. The zero-order valence-electron chi connectivity index (χ0n) is 17.6. The number of rotatable bonds is 3. The minimum atomic E-state index is -0.283. The monoisotopic (exact) mass is 475 g/mol. The lowest BCUT2D eigenvalue weighted by atomic mass is 10.0. The Morgan fingerprint density at radius 3 is 2.81 bits per heavy atom. The molecule has 1 N–H and O–H groups in total. The normalized spacial score (nSPS) is 18.8. The van der Waals surface area contributed by atoms with Crippen molar-refractivity contribution in [2.24, 2.45) is 0 Å². The molecule has 10 heteroatoms. The van der Waals surface area contributed by atoms with Crippen LogP contribution in [0.5, 0.6) is 0 Å². The van der Waals surface area contributed by atoms with Gasteiger partial charge in [-0.2, -0.15) is 5.10 Å². The van der Waals surface area contributed by atoms with Crippen molar-refractivity contribution in [2.45, 2.75) is 32.5 Å². The minimum absolute atomic E-state index is 0.00790. The van der Waals surface area contributed by atoms with Crippen LogP contribution in [0.3, 0.4) is 0 Å². The number of nitrogens with zero attached hydrogens (tertiary/aromatic N) is 4. The predicted molar refractivity (Wildman–Crippen MR) is 122 cm³/mol. The highest BCUT2D eigenvalue weighted by molar-refractivity contribution is 6.45. The van der Waals surface area contributed by atoms with Crippen LogP contribution in [0.2, 0.25) is 10.0 Å². The van der Waals surface area contributed by atoms with E-state index in [1.807, 2.05) is 17.2 Å². The van der Waals surface area contributed by atoms with Gasteiger partial charge in [0.05, 0.1) is 47.4 Å². The average Bonchev–Trinajstić information content (AvgIpc) is 3.41. The van der Waals surface area contributed by atoms with Gasteiger partial charge < -0.3 is 19.1 Å². The molecule has 1 unspecified atom stereocenters. The number of aromatic amines is 1. The lowest BCUT2D eigenvalue weighted by molar-refractivity contribution is -0.143. The molecule has 0 bridgehead atoms. The second-order valence-electron chi connectivity index (χ2n) is 8.20. The zero-order valence-corrected chi connectivity index (χ0v) is 19.1. The fourth-order valence-electron chi connectivity index (χ4n) is 4.70.